The van der Waals surface area contributed by atoms with Crippen molar-refractivity contribution in [1.29, 1.82) is 0 Å². The first-order valence-electron chi connectivity index (χ1n) is 6.35. The van der Waals surface area contributed by atoms with Crippen molar-refractivity contribution in [3.63, 3.8) is 0 Å². The normalized spacial score (nSPS) is 27.7. The first kappa shape index (κ1) is 10.9. The lowest BCUT2D eigenvalue weighted by Crippen LogP contribution is -2.33. The number of carbonyl (C=O) groups excluding carboxylic acids is 1. The molecule has 2 fully saturated rings. The van der Waals surface area contributed by atoms with Gasteiger partial charge in [0.1, 0.15) is 0 Å². The van der Waals surface area contributed by atoms with E-state index in [0.29, 0.717) is 11.8 Å². The van der Waals surface area contributed by atoms with Gasteiger partial charge < -0.3 is 10.2 Å². The van der Waals surface area contributed by atoms with Crippen LogP contribution >= 0.6 is 0 Å². The number of carbonyl (C=O) groups is 1. The Balaban J connectivity index is 1.77. The second kappa shape index (κ2) is 5.50. The van der Waals surface area contributed by atoms with Crippen LogP contribution in [0.2, 0.25) is 0 Å². The molecular formula is C12H22N2O. The van der Waals surface area contributed by atoms with E-state index in [0.717, 1.165) is 32.6 Å². The molecule has 1 atom stereocenters. The Morgan fingerprint density at radius 1 is 1.20 bits per heavy atom. The number of hydrogen-bond acceptors (Lipinski definition) is 2. The highest BCUT2D eigenvalue weighted by Crippen LogP contribution is 2.16. The van der Waals surface area contributed by atoms with Gasteiger partial charge in [-0.3, -0.25) is 4.79 Å². The fourth-order valence-electron chi connectivity index (χ4n) is 2.58. The largest absolute Gasteiger partial charge is 0.343 e. The van der Waals surface area contributed by atoms with Crippen LogP contribution < -0.4 is 5.32 Å². The molecule has 2 rings (SSSR count). The van der Waals surface area contributed by atoms with Crippen molar-refractivity contribution in [2.45, 2.75) is 38.5 Å². The van der Waals surface area contributed by atoms with E-state index in [1.807, 2.05) is 0 Å². The van der Waals surface area contributed by atoms with Gasteiger partial charge in [-0.2, -0.15) is 0 Å². The summed E-state index contributed by atoms with van der Waals surface area (Å²) >= 11 is 0. The summed E-state index contributed by atoms with van der Waals surface area (Å²) in [5, 5.41) is 3.32. The smallest absolute Gasteiger partial charge is 0.222 e. The molecule has 3 nitrogen and oxygen atoms in total. The van der Waals surface area contributed by atoms with E-state index in [2.05, 4.69) is 10.2 Å². The predicted molar refractivity (Wildman–Crippen MR) is 60.6 cm³/mol. The summed E-state index contributed by atoms with van der Waals surface area (Å²) < 4.78 is 0. The third kappa shape index (κ3) is 3.20. The molecule has 3 heteroatoms. The van der Waals surface area contributed by atoms with Crippen molar-refractivity contribution >= 4 is 5.91 Å². The van der Waals surface area contributed by atoms with Gasteiger partial charge in [0, 0.05) is 19.5 Å². The zero-order valence-electron chi connectivity index (χ0n) is 9.50. The zero-order chi connectivity index (χ0) is 10.5. The van der Waals surface area contributed by atoms with Gasteiger partial charge in [0.25, 0.3) is 0 Å². The summed E-state index contributed by atoms with van der Waals surface area (Å²) in [6, 6.07) is 0. The monoisotopic (exact) mass is 210 g/mol. The average molecular weight is 210 g/mol. The van der Waals surface area contributed by atoms with Crippen LogP contribution in [-0.2, 0) is 4.79 Å². The van der Waals surface area contributed by atoms with Crippen LogP contribution in [0.5, 0.6) is 0 Å². The summed E-state index contributed by atoms with van der Waals surface area (Å²) in [5.41, 5.74) is 0. The number of hydrogen-bond donors (Lipinski definition) is 1. The lowest BCUT2D eigenvalue weighted by molar-refractivity contribution is -0.132. The summed E-state index contributed by atoms with van der Waals surface area (Å²) in [6.07, 6.45) is 6.96. The highest BCUT2D eigenvalue weighted by atomic mass is 16.2. The molecule has 0 aromatic heterocycles. The molecule has 2 saturated heterocycles. The number of nitrogens with one attached hydrogen (secondary N) is 1. The molecule has 1 N–H and O–H groups in total. The van der Waals surface area contributed by atoms with E-state index in [1.165, 1.54) is 32.1 Å². The average Bonchev–Trinajstić information content (AvgIpc) is 2.58. The van der Waals surface area contributed by atoms with Crippen LogP contribution in [0.25, 0.3) is 0 Å². The van der Waals surface area contributed by atoms with Gasteiger partial charge in [-0.25, -0.2) is 0 Å². The Labute approximate surface area is 92.2 Å². The molecule has 1 amide bonds. The number of rotatable bonds is 2. The van der Waals surface area contributed by atoms with Crippen molar-refractivity contribution < 1.29 is 4.79 Å². The summed E-state index contributed by atoms with van der Waals surface area (Å²) in [5.74, 6) is 0.992. The molecule has 0 spiro atoms. The fraction of sp³-hybridized carbons (Fsp3) is 0.917. The first-order chi connectivity index (χ1) is 7.36. The molecule has 2 aliphatic heterocycles. The Bertz CT molecular complexity index is 204. The molecule has 2 aliphatic rings. The molecule has 0 aromatic rings. The minimum absolute atomic E-state index is 0.394. The predicted octanol–water partition coefficient (Wildman–Crippen LogP) is 1.39. The third-order valence-corrected chi connectivity index (χ3v) is 3.58. The molecule has 2 heterocycles. The van der Waals surface area contributed by atoms with Gasteiger partial charge >= 0.3 is 0 Å². The number of likely N-dealkylation sites (tertiary alicyclic amines) is 1. The van der Waals surface area contributed by atoms with Gasteiger partial charge in [-0.1, -0.05) is 12.8 Å². The van der Waals surface area contributed by atoms with Crippen LogP contribution in [0.1, 0.15) is 38.5 Å². The van der Waals surface area contributed by atoms with E-state index >= 15 is 0 Å². The molecule has 15 heavy (non-hydrogen) atoms. The summed E-state index contributed by atoms with van der Waals surface area (Å²) in [4.78, 5) is 14.1. The van der Waals surface area contributed by atoms with Gasteiger partial charge in [0.15, 0.2) is 0 Å². The SMILES string of the molecule is O=C(CC1CCNC1)N1CCCCCC1. The van der Waals surface area contributed by atoms with Crippen molar-refractivity contribution in [3.05, 3.63) is 0 Å². The van der Waals surface area contributed by atoms with Crippen molar-refractivity contribution in [2.24, 2.45) is 5.92 Å². The standard InChI is InChI=1S/C12H22N2O/c15-12(9-11-5-6-13-10-11)14-7-3-1-2-4-8-14/h11,13H,1-10H2. The quantitative estimate of drug-likeness (QED) is 0.747. The van der Waals surface area contributed by atoms with Crippen LogP contribution in [0.4, 0.5) is 0 Å². The van der Waals surface area contributed by atoms with Crippen LogP contribution in [0.15, 0.2) is 0 Å². The topological polar surface area (TPSA) is 32.3 Å². The van der Waals surface area contributed by atoms with Crippen LogP contribution in [0, 0.1) is 5.92 Å². The Hall–Kier alpha value is -0.570. The Kier molecular flexibility index (Phi) is 4.01. The second-order valence-corrected chi connectivity index (χ2v) is 4.86. The Morgan fingerprint density at radius 3 is 2.53 bits per heavy atom. The summed E-state index contributed by atoms with van der Waals surface area (Å²) in [6.45, 7) is 4.13. The molecule has 86 valence electrons. The lowest BCUT2D eigenvalue weighted by atomic mass is 10.0. The fourth-order valence-corrected chi connectivity index (χ4v) is 2.58. The van der Waals surface area contributed by atoms with Crippen LogP contribution in [0.3, 0.4) is 0 Å². The lowest BCUT2D eigenvalue weighted by Gasteiger charge is -2.21. The van der Waals surface area contributed by atoms with Crippen molar-refractivity contribution in [2.75, 3.05) is 26.2 Å². The maximum atomic E-state index is 12.0. The highest BCUT2D eigenvalue weighted by Gasteiger charge is 2.22. The molecule has 0 aromatic carbocycles. The molecule has 0 bridgehead atoms. The summed E-state index contributed by atoms with van der Waals surface area (Å²) in [7, 11) is 0. The van der Waals surface area contributed by atoms with Gasteiger partial charge in [0.2, 0.25) is 5.91 Å². The Morgan fingerprint density at radius 2 is 1.93 bits per heavy atom. The molecule has 0 saturated carbocycles. The molecule has 0 radical (unpaired) electrons. The van der Waals surface area contributed by atoms with E-state index in [4.69, 9.17) is 0 Å². The van der Waals surface area contributed by atoms with Gasteiger partial charge in [0.05, 0.1) is 0 Å². The van der Waals surface area contributed by atoms with E-state index < -0.39 is 0 Å². The van der Waals surface area contributed by atoms with Crippen molar-refractivity contribution in [3.8, 4) is 0 Å². The van der Waals surface area contributed by atoms with Crippen LogP contribution in [-0.4, -0.2) is 37.0 Å². The highest BCUT2D eigenvalue weighted by molar-refractivity contribution is 5.76. The number of amides is 1. The maximum absolute atomic E-state index is 12.0. The van der Waals surface area contributed by atoms with Crippen molar-refractivity contribution in [1.82, 2.24) is 10.2 Å². The third-order valence-electron chi connectivity index (χ3n) is 3.58. The van der Waals surface area contributed by atoms with E-state index in [-0.39, 0.29) is 0 Å². The first-order valence-corrected chi connectivity index (χ1v) is 6.35. The molecule has 1 unspecified atom stereocenters. The minimum atomic E-state index is 0.394. The minimum Gasteiger partial charge on any atom is -0.343 e. The maximum Gasteiger partial charge on any atom is 0.222 e. The second-order valence-electron chi connectivity index (χ2n) is 4.86. The van der Waals surface area contributed by atoms with E-state index in [1.54, 1.807) is 0 Å². The van der Waals surface area contributed by atoms with Gasteiger partial charge in [-0.15, -0.1) is 0 Å². The molecule has 0 aliphatic carbocycles. The van der Waals surface area contributed by atoms with Gasteiger partial charge in [-0.05, 0) is 38.3 Å². The number of nitrogens with zero attached hydrogens (tertiary/aromatic N) is 1. The molecular weight excluding hydrogens is 188 g/mol. The van der Waals surface area contributed by atoms with E-state index in [9.17, 15) is 4.79 Å². The zero-order valence-corrected chi connectivity index (χ0v) is 9.50.